The summed E-state index contributed by atoms with van der Waals surface area (Å²) in [5, 5.41) is 10.6. The maximum atomic E-state index is 10.6. The molecule has 0 spiro atoms. The second-order valence-corrected chi connectivity index (χ2v) is 6.02. The fourth-order valence-corrected chi connectivity index (χ4v) is 3.25. The van der Waals surface area contributed by atoms with Gasteiger partial charge in [0.2, 0.25) is 0 Å². The summed E-state index contributed by atoms with van der Waals surface area (Å²) >= 11 is 0. The van der Waals surface area contributed by atoms with Crippen molar-refractivity contribution in [3.63, 3.8) is 0 Å². The number of β-amino-alcohol motifs (C(OH)–C–C–N with tert-alkyl or cyclic N) is 1. The topological polar surface area (TPSA) is 68.0 Å². The van der Waals surface area contributed by atoms with Crippen molar-refractivity contribution in [3.8, 4) is 11.5 Å². The molecule has 6 nitrogen and oxygen atoms in total. The van der Waals surface area contributed by atoms with Crippen LogP contribution in [-0.4, -0.2) is 35.8 Å². The minimum atomic E-state index is -0.632. The number of hydrogen-bond donors (Lipinski definition) is 1. The van der Waals surface area contributed by atoms with Gasteiger partial charge in [-0.1, -0.05) is 6.92 Å². The second-order valence-electron chi connectivity index (χ2n) is 6.02. The summed E-state index contributed by atoms with van der Waals surface area (Å²) in [6.07, 6.45) is 0.143. The molecule has 2 heterocycles. The van der Waals surface area contributed by atoms with Crippen LogP contribution in [0.25, 0.3) is 0 Å². The quantitative estimate of drug-likeness (QED) is 0.908. The van der Waals surface area contributed by atoms with Crippen LogP contribution in [0, 0.1) is 6.92 Å². The van der Waals surface area contributed by atoms with Crippen molar-refractivity contribution in [1.82, 2.24) is 9.88 Å². The van der Waals surface area contributed by atoms with Crippen molar-refractivity contribution in [2.24, 2.45) is 0 Å². The lowest BCUT2D eigenvalue weighted by Crippen LogP contribution is -2.33. The fourth-order valence-electron chi connectivity index (χ4n) is 3.25. The Bertz CT molecular complexity index is 726. The molecule has 1 N–H and O–H groups in total. The van der Waals surface area contributed by atoms with Crippen LogP contribution in [0.1, 0.15) is 41.5 Å². The molecule has 0 bridgehead atoms. The lowest BCUT2D eigenvalue weighted by Gasteiger charge is -2.33. The molecule has 3 rings (SSSR count). The number of ether oxygens (including phenoxy) is 2. The molecule has 1 aliphatic heterocycles. The van der Waals surface area contributed by atoms with E-state index in [1.54, 1.807) is 14.2 Å². The first-order valence-electron chi connectivity index (χ1n) is 8.16. The Morgan fingerprint density at radius 3 is 2.62 bits per heavy atom. The molecule has 1 aliphatic rings. The van der Waals surface area contributed by atoms with Crippen LogP contribution < -0.4 is 9.47 Å². The van der Waals surface area contributed by atoms with E-state index in [1.165, 1.54) is 0 Å². The summed E-state index contributed by atoms with van der Waals surface area (Å²) in [7, 11) is 3.26. The van der Waals surface area contributed by atoms with Crippen LogP contribution in [0.4, 0.5) is 0 Å². The number of aliphatic hydroxyl groups excluding tert-OH is 1. The Labute approximate surface area is 142 Å². The molecule has 0 fully saturated rings. The normalized spacial score (nSPS) is 17.6. The predicted molar refractivity (Wildman–Crippen MR) is 89.2 cm³/mol. The zero-order chi connectivity index (χ0) is 17.3. The van der Waals surface area contributed by atoms with Crippen molar-refractivity contribution in [2.45, 2.75) is 39.5 Å². The van der Waals surface area contributed by atoms with Gasteiger partial charge in [0, 0.05) is 30.6 Å². The van der Waals surface area contributed by atoms with Crippen molar-refractivity contribution >= 4 is 0 Å². The van der Waals surface area contributed by atoms with Gasteiger partial charge in [0.15, 0.2) is 5.89 Å². The minimum absolute atomic E-state index is 0.512. The summed E-state index contributed by atoms with van der Waals surface area (Å²) in [4.78, 5) is 6.56. The molecule has 1 unspecified atom stereocenters. The van der Waals surface area contributed by atoms with Gasteiger partial charge in [0.1, 0.15) is 17.3 Å². The molecular weight excluding hydrogens is 308 g/mol. The number of oxazole rings is 1. The number of aromatic nitrogens is 1. The Hall–Kier alpha value is -2.05. The first-order chi connectivity index (χ1) is 11.6. The van der Waals surface area contributed by atoms with Crippen LogP contribution in [-0.2, 0) is 19.5 Å². The van der Waals surface area contributed by atoms with E-state index in [2.05, 4.69) is 9.88 Å². The molecule has 1 aromatic carbocycles. The van der Waals surface area contributed by atoms with Gasteiger partial charge >= 0.3 is 0 Å². The van der Waals surface area contributed by atoms with Crippen molar-refractivity contribution in [2.75, 3.05) is 20.8 Å². The highest BCUT2D eigenvalue weighted by Crippen LogP contribution is 2.39. The van der Waals surface area contributed by atoms with Gasteiger partial charge in [-0.25, -0.2) is 4.98 Å². The van der Waals surface area contributed by atoms with Gasteiger partial charge in [0.25, 0.3) is 0 Å². The van der Waals surface area contributed by atoms with Gasteiger partial charge in [-0.05, 0) is 19.1 Å². The Morgan fingerprint density at radius 2 is 2.00 bits per heavy atom. The molecule has 24 heavy (non-hydrogen) atoms. The zero-order valence-electron chi connectivity index (χ0n) is 14.6. The average Bonchev–Trinajstić information content (AvgIpc) is 2.93. The summed E-state index contributed by atoms with van der Waals surface area (Å²) in [6.45, 7) is 5.76. The zero-order valence-corrected chi connectivity index (χ0v) is 14.6. The largest absolute Gasteiger partial charge is 0.496 e. The number of hydrogen-bond acceptors (Lipinski definition) is 6. The van der Waals surface area contributed by atoms with Gasteiger partial charge in [-0.15, -0.1) is 0 Å². The number of methoxy groups -OCH3 is 2. The third kappa shape index (κ3) is 2.99. The molecule has 0 aliphatic carbocycles. The van der Waals surface area contributed by atoms with Crippen LogP contribution in [0.5, 0.6) is 11.5 Å². The van der Waals surface area contributed by atoms with Crippen molar-refractivity contribution in [1.29, 1.82) is 0 Å². The number of rotatable bonds is 5. The number of benzene rings is 1. The van der Waals surface area contributed by atoms with Gasteiger partial charge in [0.05, 0.1) is 32.6 Å². The Kier molecular flexibility index (Phi) is 4.78. The molecule has 6 heteroatoms. The molecule has 0 radical (unpaired) electrons. The van der Waals surface area contributed by atoms with Crippen LogP contribution >= 0.6 is 0 Å². The molecule has 0 saturated heterocycles. The lowest BCUT2D eigenvalue weighted by atomic mass is 9.95. The molecule has 2 aromatic rings. The SMILES string of the molecule is CCc1nc(C)c(CN2Cc3c(OC)ccc(OC)c3C(O)C2)o1. The van der Waals surface area contributed by atoms with E-state index in [1.807, 2.05) is 26.0 Å². The summed E-state index contributed by atoms with van der Waals surface area (Å²) in [5.41, 5.74) is 2.69. The highest BCUT2D eigenvalue weighted by molar-refractivity contribution is 5.51. The molecule has 1 aromatic heterocycles. The number of aryl methyl sites for hydroxylation is 2. The van der Waals surface area contributed by atoms with Crippen LogP contribution in [0.2, 0.25) is 0 Å². The van der Waals surface area contributed by atoms with Crippen LogP contribution in [0.15, 0.2) is 16.5 Å². The standard InChI is InChI=1S/C18H24N2O4/c1-5-17-19-11(2)16(24-17)10-20-8-12-14(22-3)6-7-15(23-4)18(12)13(21)9-20/h6-7,13,21H,5,8-10H2,1-4H3. The van der Waals surface area contributed by atoms with E-state index in [0.717, 1.165) is 40.6 Å². The number of fused-ring (bicyclic) bond motifs is 1. The van der Waals surface area contributed by atoms with E-state index in [0.29, 0.717) is 25.4 Å². The summed E-state index contributed by atoms with van der Waals surface area (Å²) < 4.78 is 16.7. The highest BCUT2D eigenvalue weighted by Gasteiger charge is 2.30. The Morgan fingerprint density at radius 1 is 1.29 bits per heavy atom. The van der Waals surface area contributed by atoms with Gasteiger partial charge < -0.3 is 19.0 Å². The predicted octanol–water partition coefficient (Wildman–Crippen LogP) is 2.61. The maximum absolute atomic E-state index is 10.6. The third-order valence-electron chi connectivity index (χ3n) is 4.47. The Balaban J connectivity index is 1.89. The molecule has 0 saturated carbocycles. The smallest absolute Gasteiger partial charge is 0.194 e. The second kappa shape index (κ2) is 6.83. The van der Waals surface area contributed by atoms with E-state index < -0.39 is 6.10 Å². The van der Waals surface area contributed by atoms with Crippen molar-refractivity contribution < 1.29 is 19.0 Å². The van der Waals surface area contributed by atoms with E-state index in [9.17, 15) is 5.11 Å². The van der Waals surface area contributed by atoms with Crippen LogP contribution in [0.3, 0.4) is 0 Å². The summed E-state index contributed by atoms with van der Waals surface area (Å²) in [5.74, 6) is 3.06. The maximum Gasteiger partial charge on any atom is 0.194 e. The fraction of sp³-hybridized carbons (Fsp3) is 0.500. The third-order valence-corrected chi connectivity index (χ3v) is 4.47. The first-order valence-corrected chi connectivity index (χ1v) is 8.16. The van der Waals surface area contributed by atoms with E-state index in [4.69, 9.17) is 13.9 Å². The number of nitrogens with zero attached hydrogens (tertiary/aromatic N) is 2. The van der Waals surface area contributed by atoms with Gasteiger partial charge in [-0.2, -0.15) is 0 Å². The summed E-state index contributed by atoms with van der Waals surface area (Å²) in [6, 6.07) is 3.72. The lowest BCUT2D eigenvalue weighted by molar-refractivity contribution is 0.0799. The number of aliphatic hydroxyl groups is 1. The first kappa shape index (κ1) is 16.8. The highest BCUT2D eigenvalue weighted by atomic mass is 16.5. The van der Waals surface area contributed by atoms with Crippen molar-refractivity contribution in [3.05, 3.63) is 40.6 Å². The van der Waals surface area contributed by atoms with Gasteiger partial charge in [-0.3, -0.25) is 4.90 Å². The average molecular weight is 332 g/mol. The molecular formula is C18H24N2O4. The molecule has 0 amide bonds. The molecule has 130 valence electrons. The van der Waals surface area contributed by atoms with E-state index >= 15 is 0 Å². The minimum Gasteiger partial charge on any atom is -0.496 e. The monoisotopic (exact) mass is 332 g/mol. The molecule has 1 atom stereocenters. The van der Waals surface area contributed by atoms with E-state index in [-0.39, 0.29) is 0 Å².